The van der Waals surface area contributed by atoms with Gasteiger partial charge in [0.1, 0.15) is 0 Å². The second-order valence-electron chi connectivity index (χ2n) is 4.77. The fraction of sp³-hybridized carbons (Fsp3) is 0.600. The van der Waals surface area contributed by atoms with Crippen molar-refractivity contribution >= 4 is 5.91 Å². The van der Waals surface area contributed by atoms with Gasteiger partial charge in [0, 0.05) is 38.1 Å². The zero-order chi connectivity index (χ0) is 14.1. The Morgan fingerprint density at radius 3 is 2.79 bits per heavy atom. The first-order chi connectivity index (χ1) is 9.19. The molecule has 0 N–H and O–H groups in total. The van der Waals surface area contributed by atoms with E-state index in [9.17, 15) is 4.79 Å². The summed E-state index contributed by atoms with van der Waals surface area (Å²) >= 11 is 0. The Bertz CT molecular complexity index is 396. The maximum absolute atomic E-state index is 12.3. The molecule has 0 saturated carbocycles. The van der Waals surface area contributed by atoms with Crippen molar-refractivity contribution in [3.05, 3.63) is 30.4 Å². The molecular formula is C15H25N3O. The van der Waals surface area contributed by atoms with Gasteiger partial charge in [0.25, 0.3) is 0 Å². The highest BCUT2D eigenvalue weighted by molar-refractivity contribution is 5.93. The molecule has 0 saturated heterocycles. The molecule has 106 valence electrons. The van der Waals surface area contributed by atoms with Crippen LogP contribution in [0.4, 0.5) is 0 Å². The molecule has 0 unspecified atom stereocenters. The van der Waals surface area contributed by atoms with E-state index in [0.717, 1.165) is 44.3 Å². The normalized spacial score (nSPS) is 11.6. The molecular weight excluding hydrogens is 238 g/mol. The molecule has 4 heteroatoms. The summed E-state index contributed by atoms with van der Waals surface area (Å²) in [6.45, 7) is 5.86. The number of hydrogen-bond acceptors (Lipinski definition) is 2. The lowest BCUT2D eigenvalue weighted by molar-refractivity contribution is -0.126. The average Bonchev–Trinajstić information content (AvgIpc) is 2.90. The highest BCUT2D eigenvalue weighted by Crippen LogP contribution is 2.10. The number of aryl methyl sites for hydroxylation is 1. The van der Waals surface area contributed by atoms with E-state index in [1.807, 2.05) is 22.7 Å². The lowest BCUT2D eigenvalue weighted by Gasteiger charge is -2.19. The maximum atomic E-state index is 12.3. The molecule has 1 rings (SSSR count). The minimum atomic E-state index is 0.175. The van der Waals surface area contributed by atoms with Gasteiger partial charge in [-0.1, -0.05) is 26.3 Å². The van der Waals surface area contributed by atoms with Crippen molar-refractivity contribution in [3.8, 4) is 0 Å². The van der Waals surface area contributed by atoms with E-state index in [2.05, 4.69) is 24.9 Å². The molecule has 1 amide bonds. The Morgan fingerprint density at radius 2 is 2.21 bits per heavy atom. The summed E-state index contributed by atoms with van der Waals surface area (Å²) in [6.07, 6.45) is 11.3. The quantitative estimate of drug-likeness (QED) is 0.676. The number of hydrogen-bond donors (Lipinski definition) is 0. The first-order valence-electron chi connectivity index (χ1n) is 7.09. The standard InChI is InChI=1S/C15H25N3O/c1-4-7-14(8-5-2)15(19)17(3)10-6-11-18-12-9-16-13-18/h7,9,12-13H,4-6,8,10-11H2,1-3H3/b14-7-. The van der Waals surface area contributed by atoms with Crippen LogP contribution < -0.4 is 0 Å². The Hall–Kier alpha value is -1.58. The summed E-state index contributed by atoms with van der Waals surface area (Å²) in [5.41, 5.74) is 0.954. The highest BCUT2D eigenvalue weighted by atomic mass is 16.2. The van der Waals surface area contributed by atoms with Crippen LogP contribution in [0.1, 0.15) is 39.5 Å². The second kappa shape index (κ2) is 8.51. The number of allylic oxidation sites excluding steroid dienone is 1. The van der Waals surface area contributed by atoms with Crippen LogP contribution in [0, 0.1) is 0 Å². The number of likely N-dealkylation sites (N-methyl/N-ethyl adjacent to an activating group) is 1. The van der Waals surface area contributed by atoms with Crippen molar-refractivity contribution in [2.75, 3.05) is 13.6 Å². The SMILES string of the molecule is CC/C=C(/CCC)C(=O)N(C)CCCn1ccnc1. The average molecular weight is 263 g/mol. The van der Waals surface area contributed by atoms with Gasteiger partial charge in [-0.3, -0.25) is 4.79 Å². The first-order valence-corrected chi connectivity index (χ1v) is 7.09. The van der Waals surface area contributed by atoms with Crippen LogP contribution in [0.3, 0.4) is 0 Å². The van der Waals surface area contributed by atoms with Crippen LogP contribution in [0.5, 0.6) is 0 Å². The summed E-state index contributed by atoms with van der Waals surface area (Å²) in [4.78, 5) is 18.1. The van der Waals surface area contributed by atoms with Gasteiger partial charge in [0.15, 0.2) is 0 Å². The van der Waals surface area contributed by atoms with Crippen LogP contribution in [-0.2, 0) is 11.3 Å². The minimum Gasteiger partial charge on any atom is -0.342 e. The van der Waals surface area contributed by atoms with E-state index in [1.165, 1.54) is 0 Å². The fourth-order valence-electron chi connectivity index (χ4n) is 2.07. The van der Waals surface area contributed by atoms with E-state index < -0.39 is 0 Å². The lowest BCUT2D eigenvalue weighted by atomic mass is 10.1. The minimum absolute atomic E-state index is 0.175. The van der Waals surface area contributed by atoms with Gasteiger partial charge in [0.05, 0.1) is 6.33 Å². The highest BCUT2D eigenvalue weighted by Gasteiger charge is 2.12. The third-order valence-corrected chi connectivity index (χ3v) is 3.06. The zero-order valence-corrected chi connectivity index (χ0v) is 12.3. The van der Waals surface area contributed by atoms with Crippen LogP contribution >= 0.6 is 0 Å². The van der Waals surface area contributed by atoms with Crippen molar-refractivity contribution < 1.29 is 4.79 Å². The molecule has 0 aliphatic heterocycles. The first kappa shape index (κ1) is 15.5. The summed E-state index contributed by atoms with van der Waals surface area (Å²) in [5.74, 6) is 0.175. The number of carbonyl (C=O) groups excluding carboxylic acids is 1. The van der Waals surface area contributed by atoms with Crippen LogP contribution in [0.25, 0.3) is 0 Å². The van der Waals surface area contributed by atoms with Gasteiger partial charge in [-0.2, -0.15) is 0 Å². The second-order valence-corrected chi connectivity index (χ2v) is 4.77. The van der Waals surface area contributed by atoms with Gasteiger partial charge < -0.3 is 9.47 Å². The number of nitrogens with zero attached hydrogens (tertiary/aromatic N) is 3. The molecule has 0 aliphatic carbocycles. The van der Waals surface area contributed by atoms with Crippen molar-refractivity contribution in [3.63, 3.8) is 0 Å². The van der Waals surface area contributed by atoms with Crippen LogP contribution in [0.2, 0.25) is 0 Å². The Labute approximate surface area is 116 Å². The van der Waals surface area contributed by atoms with Crippen molar-refractivity contribution in [1.29, 1.82) is 0 Å². The Morgan fingerprint density at radius 1 is 1.42 bits per heavy atom. The van der Waals surface area contributed by atoms with E-state index in [4.69, 9.17) is 0 Å². The zero-order valence-electron chi connectivity index (χ0n) is 12.3. The molecule has 0 spiro atoms. The van der Waals surface area contributed by atoms with E-state index in [1.54, 1.807) is 12.5 Å². The van der Waals surface area contributed by atoms with Crippen molar-refractivity contribution in [2.45, 2.75) is 46.1 Å². The monoisotopic (exact) mass is 263 g/mol. The van der Waals surface area contributed by atoms with Crippen molar-refractivity contribution in [1.82, 2.24) is 14.5 Å². The number of rotatable bonds is 8. The number of imidazole rings is 1. The third kappa shape index (κ3) is 5.28. The van der Waals surface area contributed by atoms with Gasteiger partial charge in [-0.25, -0.2) is 4.98 Å². The molecule has 1 heterocycles. The molecule has 0 aromatic carbocycles. The molecule has 19 heavy (non-hydrogen) atoms. The largest absolute Gasteiger partial charge is 0.342 e. The van der Waals surface area contributed by atoms with Gasteiger partial charge >= 0.3 is 0 Å². The summed E-state index contributed by atoms with van der Waals surface area (Å²) in [7, 11) is 1.88. The number of aromatic nitrogens is 2. The predicted octanol–water partition coefficient (Wildman–Crippen LogP) is 2.87. The predicted molar refractivity (Wildman–Crippen MR) is 77.8 cm³/mol. The Balaban J connectivity index is 2.40. The van der Waals surface area contributed by atoms with E-state index in [0.29, 0.717) is 0 Å². The smallest absolute Gasteiger partial charge is 0.249 e. The molecule has 0 radical (unpaired) electrons. The van der Waals surface area contributed by atoms with E-state index >= 15 is 0 Å². The molecule has 4 nitrogen and oxygen atoms in total. The summed E-state index contributed by atoms with van der Waals surface area (Å²) in [5, 5.41) is 0. The topological polar surface area (TPSA) is 38.1 Å². The van der Waals surface area contributed by atoms with Crippen LogP contribution in [0.15, 0.2) is 30.4 Å². The third-order valence-electron chi connectivity index (χ3n) is 3.06. The van der Waals surface area contributed by atoms with Gasteiger partial charge in [-0.05, 0) is 19.3 Å². The molecule has 0 atom stereocenters. The molecule has 0 bridgehead atoms. The van der Waals surface area contributed by atoms with Crippen molar-refractivity contribution in [2.24, 2.45) is 0 Å². The van der Waals surface area contributed by atoms with E-state index in [-0.39, 0.29) is 5.91 Å². The molecule has 0 fully saturated rings. The summed E-state index contributed by atoms with van der Waals surface area (Å²) in [6, 6.07) is 0. The molecule has 1 aromatic rings. The molecule has 0 aliphatic rings. The fourth-order valence-corrected chi connectivity index (χ4v) is 2.07. The Kier molecular flexibility index (Phi) is 6.93. The van der Waals surface area contributed by atoms with Crippen LogP contribution in [-0.4, -0.2) is 34.0 Å². The number of amides is 1. The lowest BCUT2D eigenvalue weighted by Crippen LogP contribution is -2.29. The van der Waals surface area contributed by atoms with Gasteiger partial charge in [-0.15, -0.1) is 0 Å². The number of carbonyl (C=O) groups is 1. The maximum Gasteiger partial charge on any atom is 0.249 e. The summed E-state index contributed by atoms with van der Waals surface area (Å²) < 4.78 is 2.03. The van der Waals surface area contributed by atoms with Gasteiger partial charge in [0.2, 0.25) is 5.91 Å². The molecule has 1 aromatic heterocycles.